The minimum absolute atomic E-state index is 0.268. The molecule has 0 saturated heterocycles. The van der Waals surface area contributed by atoms with Crippen molar-refractivity contribution in [1.82, 2.24) is 0 Å². The molecule has 1 aromatic rings. The summed E-state index contributed by atoms with van der Waals surface area (Å²) in [6.07, 6.45) is 0. The van der Waals surface area contributed by atoms with Crippen LogP contribution in [0.4, 0.5) is 10.1 Å². The number of anilines is 1. The summed E-state index contributed by atoms with van der Waals surface area (Å²) in [6, 6.07) is 6.14. The summed E-state index contributed by atoms with van der Waals surface area (Å²) in [5.41, 5.74) is 1.26. The van der Waals surface area contributed by atoms with Crippen LogP contribution < -0.4 is 4.90 Å². The highest BCUT2D eigenvalue weighted by Gasteiger charge is 2.05. The number of hydrogen-bond acceptors (Lipinski definition) is 3. The van der Waals surface area contributed by atoms with Gasteiger partial charge in [0.1, 0.15) is 12.4 Å². The number of carbonyl (C=O) groups excluding carboxylic acids is 1. The summed E-state index contributed by atoms with van der Waals surface area (Å²) in [4.78, 5) is 13.0. The maximum atomic E-state index is 12.7. The van der Waals surface area contributed by atoms with E-state index in [-0.39, 0.29) is 12.4 Å². The van der Waals surface area contributed by atoms with Gasteiger partial charge in [0, 0.05) is 18.3 Å². The Morgan fingerprint density at radius 2 is 2.00 bits per heavy atom. The zero-order chi connectivity index (χ0) is 12.8. The van der Waals surface area contributed by atoms with Crippen molar-refractivity contribution >= 4 is 11.7 Å². The van der Waals surface area contributed by atoms with Crippen molar-refractivity contribution in [3.05, 3.63) is 42.2 Å². The second kappa shape index (κ2) is 6.03. The summed E-state index contributed by atoms with van der Waals surface area (Å²) >= 11 is 0. The smallest absolute Gasteiger partial charge is 0.333 e. The standard InChI is InChI=1S/C13H16FNO2/c1-10(2)13(16)17-9-8-15(3)12-6-4-11(14)5-7-12/h4-7H,1,8-9H2,2-3H3. The highest BCUT2D eigenvalue weighted by atomic mass is 19.1. The van der Waals surface area contributed by atoms with Crippen LogP contribution in [0, 0.1) is 5.82 Å². The molecule has 0 atom stereocenters. The van der Waals surface area contributed by atoms with Crippen molar-refractivity contribution in [3.8, 4) is 0 Å². The van der Waals surface area contributed by atoms with Gasteiger partial charge >= 0.3 is 5.97 Å². The normalized spacial score (nSPS) is 9.82. The first-order chi connectivity index (χ1) is 8.00. The molecule has 3 nitrogen and oxygen atoms in total. The molecule has 1 aromatic carbocycles. The van der Waals surface area contributed by atoms with Crippen LogP contribution in [-0.2, 0) is 9.53 Å². The van der Waals surface area contributed by atoms with E-state index in [1.165, 1.54) is 12.1 Å². The van der Waals surface area contributed by atoms with Gasteiger partial charge in [-0.2, -0.15) is 0 Å². The van der Waals surface area contributed by atoms with Crippen molar-refractivity contribution in [2.45, 2.75) is 6.92 Å². The van der Waals surface area contributed by atoms with Crippen LogP contribution in [0.2, 0.25) is 0 Å². The number of ether oxygens (including phenoxy) is 1. The molecular weight excluding hydrogens is 221 g/mol. The first-order valence-electron chi connectivity index (χ1n) is 5.30. The van der Waals surface area contributed by atoms with Crippen LogP contribution in [0.5, 0.6) is 0 Å². The van der Waals surface area contributed by atoms with Gasteiger partial charge in [-0.15, -0.1) is 0 Å². The first-order valence-corrected chi connectivity index (χ1v) is 5.30. The molecule has 0 aliphatic heterocycles. The summed E-state index contributed by atoms with van der Waals surface area (Å²) < 4.78 is 17.7. The lowest BCUT2D eigenvalue weighted by atomic mass is 10.3. The van der Waals surface area contributed by atoms with E-state index in [4.69, 9.17) is 4.74 Å². The number of rotatable bonds is 5. The lowest BCUT2D eigenvalue weighted by molar-refractivity contribution is -0.138. The molecule has 0 heterocycles. The highest BCUT2D eigenvalue weighted by Crippen LogP contribution is 2.12. The number of benzene rings is 1. The first kappa shape index (κ1) is 13.2. The van der Waals surface area contributed by atoms with E-state index in [9.17, 15) is 9.18 Å². The van der Waals surface area contributed by atoms with Crippen LogP contribution in [-0.4, -0.2) is 26.2 Å². The number of likely N-dealkylation sites (N-methyl/N-ethyl adjacent to an activating group) is 1. The Morgan fingerprint density at radius 1 is 1.41 bits per heavy atom. The molecule has 0 N–H and O–H groups in total. The molecule has 0 bridgehead atoms. The van der Waals surface area contributed by atoms with E-state index >= 15 is 0 Å². The summed E-state index contributed by atoms with van der Waals surface area (Å²) in [7, 11) is 1.85. The minimum atomic E-state index is -0.391. The fraction of sp³-hybridized carbons (Fsp3) is 0.308. The summed E-state index contributed by atoms with van der Waals surface area (Å²) in [5, 5.41) is 0. The quantitative estimate of drug-likeness (QED) is 0.581. The van der Waals surface area contributed by atoms with Gasteiger partial charge in [-0.1, -0.05) is 6.58 Å². The van der Waals surface area contributed by atoms with Gasteiger partial charge in [-0.05, 0) is 31.2 Å². The van der Waals surface area contributed by atoms with E-state index in [1.54, 1.807) is 19.1 Å². The van der Waals surface area contributed by atoms with E-state index in [2.05, 4.69) is 6.58 Å². The monoisotopic (exact) mass is 237 g/mol. The van der Waals surface area contributed by atoms with Crippen LogP contribution in [0.25, 0.3) is 0 Å². The number of halogens is 1. The number of esters is 1. The minimum Gasteiger partial charge on any atom is -0.460 e. The third-order valence-electron chi connectivity index (χ3n) is 2.28. The molecule has 0 aliphatic rings. The zero-order valence-electron chi connectivity index (χ0n) is 10.1. The van der Waals surface area contributed by atoms with Crippen LogP contribution >= 0.6 is 0 Å². The topological polar surface area (TPSA) is 29.5 Å². The van der Waals surface area contributed by atoms with Gasteiger partial charge in [-0.3, -0.25) is 0 Å². The van der Waals surface area contributed by atoms with Crippen molar-refractivity contribution < 1.29 is 13.9 Å². The molecule has 0 aromatic heterocycles. The molecule has 0 amide bonds. The van der Waals surface area contributed by atoms with E-state index in [1.807, 2.05) is 11.9 Å². The fourth-order valence-corrected chi connectivity index (χ4v) is 1.22. The molecule has 0 radical (unpaired) electrons. The Morgan fingerprint density at radius 3 is 2.53 bits per heavy atom. The Labute approximate surface area is 100 Å². The third-order valence-corrected chi connectivity index (χ3v) is 2.28. The molecule has 0 fully saturated rings. The number of carbonyl (C=O) groups is 1. The molecule has 0 aliphatic carbocycles. The van der Waals surface area contributed by atoms with Gasteiger partial charge in [0.15, 0.2) is 0 Å². The molecule has 1 rings (SSSR count). The van der Waals surface area contributed by atoms with Gasteiger partial charge < -0.3 is 9.64 Å². The molecule has 4 heteroatoms. The molecule has 0 saturated carbocycles. The van der Waals surface area contributed by atoms with Crippen molar-refractivity contribution in [1.29, 1.82) is 0 Å². The lowest BCUT2D eigenvalue weighted by Gasteiger charge is -2.18. The maximum Gasteiger partial charge on any atom is 0.333 e. The highest BCUT2D eigenvalue weighted by molar-refractivity contribution is 5.86. The number of nitrogens with zero attached hydrogens (tertiary/aromatic N) is 1. The van der Waals surface area contributed by atoms with E-state index in [0.717, 1.165) is 5.69 Å². The second-order valence-corrected chi connectivity index (χ2v) is 3.81. The Bertz CT molecular complexity index is 400. The van der Waals surface area contributed by atoms with Crippen molar-refractivity contribution in [2.24, 2.45) is 0 Å². The van der Waals surface area contributed by atoms with E-state index < -0.39 is 5.97 Å². The molecule has 0 spiro atoms. The average molecular weight is 237 g/mol. The Balaban J connectivity index is 2.40. The largest absolute Gasteiger partial charge is 0.460 e. The summed E-state index contributed by atoms with van der Waals surface area (Å²) in [6.45, 7) is 5.92. The third kappa shape index (κ3) is 4.26. The van der Waals surface area contributed by atoms with Gasteiger partial charge in [0.05, 0.1) is 6.54 Å². The average Bonchev–Trinajstić information content (AvgIpc) is 2.29. The van der Waals surface area contributed by atoms with Crippen molar-refractivity contribution in [3.63, 3.8) is 0 Å². The van der Waals surface area contributed by atoms with Gasteiger partial charge in [-0.25, -0.2) is 9.18 Å². The maximum absolute atomic E-state index is 12.7. The van der Waals surface area contributed by atoms with E-state index in [0.29, 0.717) is 12.1 Å². The fourth-order valence-electron chi connectivity index (χ4n) is 1.22. The van der Waals surface area contributed by atoms with Gasteiger partial charge in [0.2, 0.25) is 0 Å². The second-order valence-electron chi connectivity index (χ2n) is 3.81. The summed E-state index contributed by atoms with van der Waals surface area (Å²) in [5.74, 6) is -0.659. The molecular formula is C13H16FNO2. The predicted molar refractivity (Wildman–Crippen MR) is 65.4 cm³/mol. The molecule has 92 valence electrons. The molecule has 0 unspecified atom stereocenters. The van der Waals surface area contributed by atoms with Crippen LogP contribution in [0.3, 0.4) is 0 Å². The van der Waals surface area contributed by atoms with Crippen molar-refractivity contribution in [2.75, 3.05) is 25.1 Å². The Hall–Kier alpha value is -1.84. The van der Waals surface area contributed by atoms with Crippen LogP contribution in [0.15, 0.2) is 36.4 Å². The SMILES string of the molecule is C=C(C)C(=O)OCCN(C)c1ccc(F)cc1. The Kier molecular flexibility index (Phi) is 4.69. The van der Waals surface area contributed by atoms with Crippen LogP contribution in [0.1, 0.15) is 6.92 Å². The number of hydrogen-bond donors (Lipinski definition) is 0. The molecule has 17 heavy (non-hydrogen) atoms. The lowest BCUT2D eigenvalue weighted by Crippen LogP contribution is -2.24. The predicted octanol–water partition coefficient (Wildman–Crippen LogP) is 2.38. The zero-order valence-corrected chi connectivity index (χ0v) is 10.1. The van der Waals surface area contributed by atoms with Gasteiger partial charge in [0.25, 0.3) is 0 Å².